The molecule has 2 atom stereocenters. The second kappa shape index (κ2) is 6.93. The van der Waals surface area contributed by atoms with Crippen LogP contribution in [0.5, 0.6) is 5.75 Å². The lowest BCUT2D eigenvalue weighted by atomic mass is 10.1. The number of halogens is 1. The van der Waals surface area contributed by atoms with Gasteiger partial charge in [0.05, 0.1) is 6.54 Å². The summed E-state index contributed by atoms with van der Waals surface area (Å²) < 4.78 is 6.57. The van der Waals surface area contributed by atoms with Crippen molar-refractivity contribution in [1.29, 1.82) is 0 Å². The highest BCUT2D eigenvalue weighted by molar-refractivity contribution is 9.10. The summed E-state index contributed by atoms with van der Waals surface area (Å²) >= 11 is 3.38. The van der Waals surface area contributed by atoms with Gasteiger partial charge in [-0.15, -0.1) is 0 Å². The van der Waals surface area contributed by atoms with Gasteiger partial charge in [0.15, 0.2) is 0 Å². The first kappa shape index (κ1) is 15.8. The van der Waals surface area contributed by atoms with E-state index in [2.05, 4.69) is 21.2 Å². The van der Waals surface area contributed by atoms with Crippen LogP contribution in [0.3, 0.4) is 0 Å². The molecule has 0 aromatic heterocycles. The van der Waals surface area contributed by atoms with Gasteiger partial charge in [0.2, 0.25) is 11.8 Å². The van der Waals surface area contributed by atoms with Crippen molar-refractivity contribution in [2.45, 2.75) is 32.4 Å². The van der Waals surface area contributed by atoms with Crippen LogP contribution in [0.1, 0.15) is 20.3 Å². The standard InChI is InChI=1S/C15H19BrN2O3/c1-3-13-15(20)18(10(2)14(19)17-13)7-8-21-12-6-4-5-11(16)9-12/h4-6,9-10,13H,3,7-8H2,1-2H3,(H,17,19). The van der Waals surface area contributed by atoms with E-state index in [1.807, 2.05) is 31.2 Å². The predicted octanol–water partition coefficient (Wildman–Crippen LogP) is 1.95. The van der Waals surface area contributed by atoms with Gasteiger partial charge in [-0.25, -0.2) is 0 Å². The van der Waals surface area contributed by atoms with E-state index in [9.17, 15) is 9.59 Å². The van der Waals surface area contributed by atoms with Gasteiger partial charge < -0.3 is 15.0 Å². The van der Waals surface area contributed by atoms with Crippen LogP contribution in [-0.2, 0) is 9.59 Å². The minimum Gasteiger partial charge on any atom is -0.492 e. The van der Waals surface area contributed by atoms with Crippen molar-refractivity contribution in [1.82, 2.24) is 10.2 Å². The molecule has 0 radical (unpaired) electrons. The molecule has 1 aromatic rings. The second-order valence-electron chi connectivity index (χ2n) is 4.98. The molecule has 21 heavy (non-hydrogen) atoms. The molecule has 0 bridgehead atoms. The first-order chi connectivity index (χ1) is 10.0. The predicted molar refractivity (Wildman–Crippen MR) is 83.0 cm³/mol. The molecule has 0 aliphatic carbocycles. The summed E-state index contributed by atoms with van der Waals surface area (Å²) in [5, 5.41) is 2.73. The molecule has 1 aliphatic heterocycles. The van der Waals surface area contributed by atoms with Crippen LogP contribution in [0, 0.1) is 0 Å². The highest BCUT2D eigenvalue weighted by Crippen LogP contribution is 2.18. The van der Waals surface area contributed by atoms with Crippen molar-refractivity contribution in [3.05, 3.63) is 28.7 Å². The van der Waals surface area contributed by atoms with Gasteiger partial charge in [0.1, 0.15) is 24.4 Å². The Morgan fingerprint density at radius 2 is 2.14 bits per heavy atom. The lowest BCUT2D eigenvalue weighted by Gasteiger charge is -2.36. The molecule has 5 nitrogen and oxygen atoms in total. The van der Waals surface area contributed by atoms with E-state index < -0.39 is 12.1 Å². The summed E-state index contributed by atoms with van der Waals surface area (Å²) in [6, 6.07) is 6.65. The van der Waals surface area contributed by atoms with Crippen molar-refractivity contribution in [2.75, 3.05) is 13.2 Å². The Bertz CT molecular complexity index is 535. The third-order valence-electron chi connectivity index (χ3n) is 3.55. The van der Waals surface area contributed by atoms with Crippen molar-refractivity contribution >= 4 is 27.7 Å². The van der Waals surface area contributed by atoms with Gasteiger partial charge in [-0.2, -0.15) is 0 Å². The quantitative estimate of drug-likeness (QED) is 0.879. The minimum absolute atomic E-state index is 0.0394. The zero-order valence-corrected chi connectivity index (χ0v) is 13.7. The zero-order valence-electron chi connectivity index (χ0n) is 12.1. The smallest absolute Gasteiger partial charge is 0.245 e. The number of nitrogens with one attached hydrogen (secondary N) is 1. The Balaban J connectivity index is 1.94. The van der Waals surface area contributed by atoms with Crippen LogP contribution in [-0.4, -0.2) is 41.9 Å². The maximum absolute atomic E-state index is 12.3. The summed E-state index contributed by atoms with van der Waals surface area (Å²) in [4.78, 5) is 25.7. The fourth-order valence-corrected chi connectivity index (χ4v) is 2.66. The fourth-order valence-electron chi connectivity index (χ4n) is 2.29. The number of carbonyl (C=O) groups is 2. The maximum atomic E-state index is 12.3. The van der Waals surface area contributed by atoms with Crippen molar-refractivity contribution in [2.24, 2.45) is 0 Å². The SMILES string of the molecule is CCC1NC(=O)C(C)N(CCOc2cccc(Br)c2)C1=O. The van der Waals surface area contributed by atoms with Crippen LogP contribution in [0.15, 0.2) is 28.7 Å². The molecule has 1 saturated heterocycles. The van der Waals surface area contributed by atoms with Crippen LogP contribution in [0.2, 0.25) is 0 Å². The molecule has 1 heterocycles. The molecule has 1 fully saturated rings. The molecular formula is C15H19BrN2O3. The topological polar surface area (TPSA) is 58.6 Å². The van der Waals surface area contributed by atoms with Crippen molar-refractivity contribution in [3.8, 4) is 5.75 Å². The largest absolute Gasteiger partial charge is 0.492 e. The summed E-state index contributed by atoms with van der Waals surface area (Å²) in [6.45, 7) is 4.37. The molecule has 114 valence electrons. The van der Waals surface area contributed by atoms with E-state index in [1.165, 1.54) is 0 Å². The average Bonchev–Trinajstić information content (AvgIpc) is 2.46. The summed E-state index contributed by atoms with van der Waals surface area (Å²) in [5.74, 6) is 0.587. The van der Waals surface area contributed by atoms with E-state index >= 15 is 0 Å². The Hall–Kier alpha value is -1.56. The first-order valence-corrected chi connectivity index (χ1v) is 7.81. The number of piperazine rings is 1. The van der Waals surface area contributed by atoms with E-state index in [4.69, 9.17) is 4.74 Å². The van der Waals surface area contributed by atoms with Gasteiger partial charge in [-0.1, -0.05) is 28.9 Å². The molecule has 2 amide bonds. The number of ether oxygens (including phenoxy) is 1. The summed E-state index contributed by atoms with van der Waals surface area (Å²) in [7, 11) is 0. The molecule has 6 heteroatoms. The number of nitrogens with zero attached hydrogens (tertiary/aromatic N) is 1. The van der Waals surface area contributed by atoms with Crippen molar-refractivity contribution in [3.63, 3.8) is 0 Å². The lowest BCUT2D eigenvalue weighted by Crippen LogP contribution is -2.62. The van der Waals surface area contributed by atoms with Crippen LogP contribution in [0.4, 0.5) is 0 Å². The van der Waals surface area contributed by atoms with Crippen LogP contribution in [0.25, 0.3) is 0 Å². The molecular weight excluding hydrogens is 336 g/mol. The normalized spacial score (nSPS) is 22.1. The highest BCUT2D eigenvalue weighted by Gasteiger charge is 2.36. The number of amides is 2. The monoisotopic (exact) mass is 354 g/mol. The van der Waals surface area contributed by atoms with E-state index in [1.54, 1.807) is 11.8 Å². The van der Waals surface area contributed by atoms with Crippen molar-refractivity contribution < 1.29 is 14.3 Å². The van der Waals surface area contributed by atoms with Gasteiger partial charge >= 0.3 is 0 Å². The molecule has 0 spiro atoms. The number of hydrogen-bond acceptors (Lipinski definition) is 3. The first-order valence-electron chi connectivity index (χ1n) is 7.02. The van der Waals surface area contributed by atoms with Gasteiger partial charge in [-0.3, -0.25) is 9.59 Å². The second-order valence-corrected chi connectivity index (χ2v) is 5.90. The number of hydrogen-bond donors (Lipinski definition) is 1. The number of rotatable bonds is 5. The van der Waals surface area contributed by atoms with Gasteiger partial charge in [0.25, 0.3) is 0 Å². The molecule has 1 aliphatic rings. The zero-order chi connectivity index (χ0) is 15.4. The van der Waals surface area contributed by atoms with Gasteiger partial charge in [0, 0.05) is 4.47 Å². The number of benzene rings is 1. The van der Waals surface area contributed by atoms with E-state index in [-0.39, 0.29) is 11.8 Å². The minimum atomic E-state index is -0.452. The molecule has 2 rings (SSSR count). The Labute approximate surface area is 132 Å². The molecule has 1 N–H and O–H groups in total. The maximum Gasteiger partial charge on any atom is 0.245 e. The number of carbonyl (C=O) groups excluding carboxylic acids is 2. The van der Waals surface area contributed by atoms with E-state index in [0.717, 1.165) is 10.2 Å². The third-order valence-corrected chi connectivity index (χ3v) is 4.04. The van der Waals surface area contributed by atoms with Crippen LogP contribution < -0.4 is 10.1 Å². The Morgan fingerprint density at radius 1 is 1.38 bits per heavy atom. The van der Waals surface area contributed by atoms with Gasteiger partial charge in [-0.05, 0) is 31.5 Å². The molecule has 1 aromatic carbocycles. The van der Waals surface area contributed by atoms with E-state index in [0.29, 0.717) is 19.6 Å². The Morgan fingerprint density at radius 3 is 2.81 bits per heavy atom. The summed E-state index contributed by atoms with van der Waals surface area (Å²) in [5.41, 5.74) is 0. The highest BCUT2D eigenvalue weighted by atomic mass is 79.9. The lowest BCUT2D eigenvalue weighted by molar-refractivity contribution is -0.149. The average molecular weight is 355 g/mol. The summed E-state index contributed by atoms with van der Waals surface area (Å²) in [6.07, 6.45) is 0.598. The fraction of sp³-hybridized carbons (Fsp3) is 0.467. The molecule has 2 unspecified atom stereocenters. The molecule has 0 saturated carbocycles. The van der Waals surface area contributed by atoms with Crippen LogP contribution >= 0.6 is 15.9 Å². The Kier molecular flexibility index (Phi) is 5.22. The third kappa shape index (κ3) is 3.75.